The van der Waals surface area contributed by atoms with E-state index in [2.05, 4.69) is 30.5 Å². The van der Waals surface area contributed by atoms with Crippen molar-refractivity contribution in [3.05, 3.63) is 12.7 Å². The van der Waals surface area contributed by atoms with Gasteiger partial charge in [0, 0.05) is 20.2 Å². The Bertz CT molecular complexity index is 545. The van der Waals surface area contributed by atoms with Crippen LogP contribution in [0.1, 0.15) is 19.3 Å². The Kier molecular flexibility index (Phi) is 5.35. The minimum atomic E-state index is 0.215. The Morgan fingerprint density at radius 3 is 2.81 bits per heavy atom. The highest BCUT2D eigenvalue weighted by atomic mass is 16.2. The smallest absolute Gasteiger partial charge is 0.258 e. The number of aliphatic hydroxyl groups excluding tert-OH is 1. The maximum absolute atomic E-state index is 8.77. The third-order valence-corrected chi connectivity index (χ3v) is 2.86. The van der Waals surface area contributed by atoms with Crippen LogP contribution in [0.15, 0.2) is 12.7 Å². The van der Waals surface area contributed by atoms with Crippen LogP contribution >= 0.6 is 0 Å². The van der Waals surface area contributed by atoms with E-state index in [9.17, 15) is 0 Å². The Labute approximate surface area is 122 Å². The number of nitrogen functional groups attached to an aromatic ring is 1. The number of nitrogens with one attached hydrogen (secondary N) is 1. The molecule has 2 aromatic rings. The molecule has 0 spiro atoms. The van der Waals surface area contributed by atoms with E-state index in [0.717, 1.165) is 25.8 Å². The van der Waals surface area contributed by atoms with E-state index in [1.807, 2.05) is 11.9 Å². The van der Waals surface area contributed by atoms with Crippen molar-refractivity contribution >= 4 is 11.9 Å². The van der Waals surface area contributed by atoms with Crippen molar-refractivity contribution in [3.8, 4) is 5.95 Å². The van der Waals surface area contributed by atoms with Gasteiger partial charge < -0.3 is 10.0 Å². The molecule has 2 rings (SSSR count). The predicted molar refractivity (Wildman–Crippen MR) is 76.8 cm³/mol. The largest absolute Gasteiger partial charge is 0.396 e. The van der Waals surface area contributed by atoms with Crippen molar-refractivity contribution in [3.63, 3.8) is 0 Å². The lowest BCUT2D eigenvalue weighted by molar-refractivity contribution is 0.283. The van der Waals surface area contributed by atoms with Gasteiger partial charge in [-0.25, -0.2) is 10.8 Å². The number of rotatable bonds is 8. The number of aliphatic hydroxyl groups is 1. The van der Waals surface area contributed by atoms with Gasteiger partial charge in [-0.15, -0.1) is 0 Å². The Morgan fingerprint density at radius 1 is 1.29 bits per heavy atom. The minimum Gasteiger partial charge on any atom is -0.396 e. The van der Waals surface area contributed by atoms with Gasteiger partial charge in [0.25, 0.3) is 5.95 Å². The number of nitrogens with zero attached hydrogens (tertiary/aromatic N) is 7. The van der Waals surface area contributed by atoms with Gasteiger partial charge in [0.1, 0.15) is 12.7 Å². The summed E-state index contributed by atoms with van der Waals surface area (Å²) in [5.41, 5.74) is 2.42. The molecule has 0 aliphatic rings. The summed E-state index contributed by atoms with van der Waals surface area (Å²) in [4.78, 5) is 18.5. The van der Waals surface area contributed by atoms with Crippen LogP contribution in [0, 0.1) is 0 Å². The minimum absolute atomic E-state index is 0.215. The van der Waals surface area contributed by atoms with Gasteiger partial charge >= 0.3 is 0 Å². The molecule has 2 aromatic heterocycles. The van der Waals surface area contributed by atoms with E-state index in [-0.39, 0.29) is 12.6 Å². The molecule has 10 heteroatoms. The van der Waals surface area contributed by atoms with Crippen LogP contribution in [-0.4, -0.2) is 55.0 Å². The van der Waals surface area contributed by atoms with Gasteiger partial charge in [-0.1, -0.05) is 0 Å². The van der Waals surface area contributed by atoms with Crippen molar-refractivity contribution in [2.75, 3.05) is 30.5 Å². The zero-order valence-corrected chi connectivity index (χ0v) is 11.8. The SMILES string of the molecule is CN(CCCCCO)c1nc(NN)nc(-n2cncn2)n1. The molecule has 0 fully saturated rings. The molecule has 0 aliphatic heterocycles. The van der Waals surface area contributed by atoms with Crippen molar-refractivity contribution in [1.82, 2.24) is 29.7 Å². The van der Waals surface area contributed by atoms with Gasteiger partial charge in [0.2, 0.25) is 11.9 Å². The first-order valence-corrected chi connectivity index (χ1v) is 6.64. The van der Waals surface area contributed by atoms with E-state index >= 15 is 0 Å². The van der Waals surface area contributed by atoms with Crippen LogP contribution in [0.4, 0.5) is 11.9 Å². The molecule has 0 saturated heterocycles. The second-order valence-electron chi connectivity index (χ2n) is 4.45. The predicted octanol–water partition coefficient (Wildman–Crippen LogP) is -0.663. The van der Waals surface area contributed by atoms with Crippen LogP contribution < -0.4 is 16.2 Å². The molecule has 0 bridgehead atoms. The van der Waals surface area contributed by atoms with E-state index in [4.69, 9.17) is 10.9 Å². The first-order valence-electron chi connectivity index (χ1n) is 6.64. The molecule has 0 amide bonds. The van der Waals surface area contributed by atoms with Crippen LogP contribution in [0.5, 0.6) is 0 Å². The Morgan fingerprint density at radius 2 is 2.14 bits per heavy atom. The summed E-state index contributed by atoms with van der Waals surface area (Å²) in [6.45, 7) is 0.984. The summed E-state index contributed by atoms with van der Waals surface area (Å²) in [7, 11) is 1.89. The van der Waals surface area contributed by atoms with Gasteiger partial charge in [-0.3, -0.25) is 5.43 Å². The van der Waals surface area contributed by atoms with Crippen molar-refractivity contribution in [2.45, 2.75) is 19.3 Å². The molecule has 114 valence electrons. The fourth-order valence-corrected chi connectivity index (χ4v) is 1.74. The Balaban J connectivity index is 2.13. The van der Waals surface area contributed by atoms with Gasteiger partial charge in [-0.05, 0) is 19.3 Å². The molecular weight excluding hydrogens is 274 g/mol. The third kappa shape index (κ3) is 4.07. The number of anilines is 2. The second kappa shape index (κ2) is 7.45. The van der Waals surface area contributed by atoms with E-state index in [1.54, 1.807) is 0 Å². The maximum atomic E-state index is 8.77. The molecule has 0 saturated carbocycles. The molecule has 2 heterocycles. The molecular formula is C11H19N9O. The second-order valence-corrected chi connectivity index (χ2v) is 4.45. The standard InChI is InChI=1S/C11H19N9O/c1-19(5-3-2-4-6-21)10-15-9(18-12)16-11(17-10)20-8-13-7-14-20/h7-8,21H,2-6,12H2,1H3,(H,15,16,17,18). The number of aromatic nitrogens is 6. The molecule has 10 nitrogen and oxygen atoms in total. The number of hydrogen-bond donors (Lipinski definition) is 3. The lowest BCUT2D eigenvalue weighted by Gasteiger charge is -2.17. The van der Waals surface area contributed by atoms with E-state index in [1.165, 1.54) is 17.3 Å². The highest BCUT2D eigenvalue weighted by molar-refractivity contribution is 5.38. The summed E-state index contributed by atoms with van der Waals surface area (Å²) >= 11 is 0. The van der Waals surface area contributed by atoms with Crippen LogP contribution in [0.2, 0.25) is 0 Å². The average Bonchev–Trinajstić information content (AvgIpc) is 3.05. The lowest BCUT2D eigenvalue weighted by atomic mass is 10.2. The van der Waals surface area contributed by atoms with Crippen molar-refractivity contribution < 1.29 is 5.11 Å². The molecule has 0 unspecified atom stereocenters. The van der Waals surface area contributed by atoms with Crippen LogP contribution in [0.25, 0.3) is 5.95 Å². The number of nitrogens with two attached hydrogens (primary N) is 1. The van der Waals surface area contributed by atoms with Gasteiger partial charge in [-0.2, -0.15) is 24.7 Å². The van der Waals surface area contributed by atoms with E-state index in [0.29, 0.717) is 11.9 Å². The highest BCUT2D eigenvalue weighted by Crippen LogP contribution is 2.11. The summed E-state index contributed by atoms with van der Waals surface area (Å²) < 4.78 is 1.44. The van der Waals surface area contributed by atoms with Gasteiger partial charge in [0.15, 0.2) is 0 Å². The maximum Gasteiger partial charge on any atom is 0.258 e. The van der Waals surface area contributed by atoms with Crippen LogP contribution in [-0.2, 0) is 0 Å². The molecule has 0 radical (unpaired) electrons. The molecule has 4 N–H and O–H groups in total. The molecule has 0 aromatic carbocycles. The van der Waals surface area contributed by atoms with Gasteiger partial charge in [0.05, 0.1) is 0 Å². The summed E-state index contributed by atoms with van der Waals surface area (Å²) in [5.74, 6) is 6.48. The fraction of sp³-hybridized carbons (Fsp3) is 0.545. The summed E-state index contributed by atoms with van der Waals surface area (Å²) in [6.07, 6.45) is 5.58. The molecule has 0 atom stereocenters. The van der Waals surface area contributed by atoms with Crippen molar-refractivity contribution in [2.24, 2.45) is 5.84 Å². The first kappa shape index (κ1) is 15.1. The summed E-state index contributed by atoms with van der Waals surface area (Å²) in [5, 5.41) is 12.8. The van der Waals surface area contributed by atoms with Crippen LogP contribution in [0.3, 0.4) is 0 Å². The highest BCUT2D eigenvalue weighted by Gasteiger charge is 2.11. The number of hydrogen-bond acceptors (Lipinski definition) is 9. The zero-order valence-electron chi connectivity index (χ0n) is 11.8. The normalized spacial score (nSPS) is 10.6. The lowest BCUT2D eigenvalue weighted by Crippen LogP contribution is -2.24. The quantitative estimate of drug-likeness (QED) is 0.329. The fourth-order valence-electron chi connectivity index (χ4n) is 1.74. The first-order chi connectivity index (χ1) is 10.2. The topological polar surface area (TPSA) is 131 Å². The number of hydrazine groups is 1. The average molecular weight is 293 g/mol. The molecule has 0 aliphatic carbocycles. The molecule has 21 heavy (non-hydrogen) atoms. The zero-order chi connectivity index (χ0) is 15.1. The number of unbranched alkanes of at least 4 members (excludes halogenated alkanes) is 2. The summed E-state index contributed by atoms with van der Waals surface area (Å²) in [6, 6.07) is 0. The Hall–Kier alpha value is -2.33. The third-order valence-electron chi connectivity index (χ3n) is 2.86. The van der Waals surface area contributed by atoms with E-state index < -0.39 is 0 Å². The van der Waals surface area contributed by atoms with Crippen molar-refractivity contribution in [1.29, 1.82) is 0 Å². The monoisotopic (exact) mass is 293 g/mol.